The predicted molar refractivity (Wildman–Crippen MR) is 94.2 cm³/mol. The summed E-state index contributed by atoms with van der Waals surface area (Å²) in [5.41, 5.74) is 7.95. The summed E-state index contributed by atoms with van der Waals surface area (Å²) in [6.45, 7) is 0. The minimum absolute atomic E-state index is 0.128. The molecule has 1 aliphatic rings. The Balaban J connectivity index is 1.56. The molecule has 4 aromatic rings. The molecule has 0 aromatic carbocycles. The van der Waals surface area contributed by atoms with Crippen LogP contribution in [-0.4, -0.2) is 38.8 Å². The number of furan rings is 1. The second kappa shape index (κ2) is 5.70. The van der Waals surface area contributed by atoms with Crippen LogP contribution in [0.15, 0.2) is 41.1 Å². The summed E-state index contributed by atoms with van der Waals surface area (Å²) in [6, 6.07) is 7.60. The number of pyridine rings is 1. The Kier molecular flexibility index (Phi) is 3.32. The Hall–Kier alpha value is -3.13. The van der Waals surface area contributed by atoms with Crippen molar-refractivity contribution in [1.82, 2.24) is 19.6 Å². The molecule has 0 bridgehead atoms. The first-order valence-corrected chi connectivity index (χ1v) is 8.41. The summed E-state index contributed by atoms with van der Waals surface area (Å²) in [5, 5.41) is 5.36. The van der Waals surface area contributed by atoms with Gasteiger partial charge in [-0.15, -0.1) is 5.10 Å². The maximum absolute atomic E-state index is 5.95. The summed E-state index contributed by atoms with van der Waals surface area (Å²) >= 11 is 0. The van der Waals surface area contributed by atoms with Gasteiger partial charge in [0.1, 0.15) is 17.4 Å². The Morgan fingerprint density at radius 1 is 1.23 bits per heavy atom. The molecule has 1 fully saturated rings. The van der Waals surface area contributed by atoms with Crippen LogP contribution in [0.1, 0.15) is 12.8 Å². The quantitative estimate of drug-likeness (QED) is 0.602. The van der Waals surface area contributed by atoms with E-state index in [1.54, 1.807) is 30.1 Å². The number of methoxy groups -OCH3 is 1. The van der Waals surface area contributed by atoms with Crippen molar-refractivity contribution in [3.8, 4) is 23.2 Å². The van der Waals surface area contributed by atoms with Crippen LogP contribution in [0.4, 0.5) is 0 Å². The molecule has 0 atom stereocenters. The number of imidazole rings is 1. The third-order valence-corrected chi connectivity index (χ3v) is 4.61. The van der Waals surface area contributed by atoms with Gasteiger partial charge in [-0.05, 0) is 25.0 Å². The molecule has 0 unspecified atom stereocenters. The van der Waals surface area contributed by atoms with E-state index in [-0.39, 0.29) is 12.1 Å². The molecule has 1 saturated carbocycles. The van der Waals surface area contributed by atoms with Gasteiger partial charge >= 0.3 is 0 Å². The minimum atomic E-state index is 0.128. The minimum Gasteiger partial charge on any atom is -0.480 e. The molecule has 0 amide bonds. The zero-order valence-electron chi connectivity index (χ0n) is 14.1. The lowest BCUT2D eigenvalue weighted by Gasteiger charge is -2.31. The molecule has 132 valence electrons. The molecule has 4 heterocycles. The SMILES string of the molecule is COc1nccc2oc(-c3cnc4ccc(O[C@H]5C[C@H](N)C5)nn34)cc12. The van der Waals surface area contributed by atoms with Gasteiger partial charge in [-0.3, -0.25) is 0 Å². The number of hydrogen-bond donors (Lipinski definition) is 1. The molecule has 1 aliphatic carbocycles. The number of hydrogen-bond acceptors (Lipinski definition) is 7. The van der Waals surface area contributed by atoms with E-state index in [9.17, 15) is 0 Å². The van der Waals surface area contributed by atoms with Crippen LogP contribution in [0.5, 0.6) is 11.8 Å². The zero-order valence-corrected chi connectivity index (χ0v) is 14.1. The highest BCUT2D eigenvalue weighted by Crippen LogP contribution is 2.32. The Bertz CT molecular complexity index is 1100. The fraction of sp³-hybridized carbons (Fsp3) is 0.278. The van der Waals surface area contributed by atoms with E-state index in [1.807, 2.05) is 18.2 Å². The van der Waals surface area contributed by atoms with Crippen LogP contribution in [0, 0.1) is 0 Å². The van der Waals surface area contributed by atoms with Gasteiger partial charge in [0.05, 0.1) is 18.7 Å². The van der Waals surface area contributed by atoms with Crippen molar-refractivity contribution in [2.75, 3.05) is 7.11 Å². The van der Waals surface area contributed by atoms with Gasteiger partial charge in [-0.1, -0.05) is 0 Å². The maximum Gasteiger partial charge on any atom is 0.232 e. The molecular weight excluding hydrogens is 334 g/mol. The lowest BCUT2D eigenvalue weighted by atomic mass is 9.90. The smallest absolute Gasteiger partial charge is 0.232 e. The van der Waals surface area contributed by atoms with Crippen molar-refractivity contribution in [2.24, 2.45) is 5.73 Å². The highest BCUT2D eigenvalue weighted by atomic mass is 16.5. The standard InChI is InChI=1S/C18H17N5O3/c1-24-18-12-8-15(26-14(12)4-5-20-18)13-9-21-16-2-3-17(22-23(13)16)25-11-6-10(19)7-11/h2-5,8-11H,6-7,19H2,1H3/t10-,11-. The predicted octanol–water partition coefficient (Wildman–Crippen LogP) is 2.41. The van der Waals surface area contributed by atoms with E-state index in [4.69, 9.17) is 19.6 Å². The lowest BCUT2D eigenvalue weighted by molar-refractivity contribution is 0.0944. The highest BCUT2D eigenvalue weighted by molar-refractivity contribution is 5.86. The fourth-order valence-electron chi connectivity index (χ4n) is 3.19. The Morgan fingerprint density at radius 3 is 2.92 bits per heavy atom. The zero-order chi connectivity index (χ0) is 17.7. The normalized spacial score (nSPS) is 19.6. The van der Waals surface area contributed by atoms with Gasteiger partial charge in [-0.2, -0.15) is 0 Å². The van der Waals surface area contributed by atoms with Gasteiger partial charge < -0.3 is 19.6 Å². The van der Waals surface area contributed by atoms with Crippen LogP contribution in [0.2, 0.25) is 0 Å². The van der Waals surface area contributed by atoms with E-state index in [0.717, 1.165) is 23.9 Å². The average molecular weight is 351 g/mol. The van der Waals surface area contributed by atoms with E-state index in [2.05, 4.69) is 15.1 Å². The van der Waals surface area contributed by atoms with E-state index < -0.39 is 0 Å². The van der Waals surface area contributed by atoms with Crippen LogP contribution in [-0.2, 0) is 0 Å². The topological polar surface area (TPSA) is 101 Å². The third kappa shape index (κ3) is 2.38. The summed E-state index contributed by atoms with van der Waals surface area (Å²) in [6.07, 6.45) is 5.21. The second-order valence-corrected chi connectivity index (χ2v) is 6.40. The van der Waals surface area contributed by atoms with Crippen molar-refractivity contribution in [1.29, 1.82) is 0 Å². The molecule has 26 heavy (non-hydrogen) atoms. The molecule has 0 radical (unpaired) electrons. The molecule has 8 nitrogen and oxygen atoms in total. The number of fused-ring (bicyclic) bond motifs is 2. The molecule has 0 spiro atoms. The van der Waals surface area contributed by atoms with Gasteiger partial charge in [0.15, 0.2) is 11.4 Å². The van der Waals surface area contributed by atoms with Gasteiger partial charge in [0.2, 0.25) is 11.8 Å². The molecule has 5 rings (SSSR count). The van der Waals surface area contributed by atoms with Crippen LogP contribution in [0.3, 0.4) is 0 Å². The second-order valence-electron chi connectivity index (χ2n) is 6.40. The van der Waals surface area contributed by atoms with Crippen molar-refractivity contribution in [3.05, 3.63) is 36.7 Å². The maximum atomic E-state index is 5.95. The van der Waals surface area contributed by atoms with E-state index in [1.165, 1.54) is 0 Å². The highest BCUT2D eigenvalue weighted by Gasteiger charge is 2.28. The first-order valence-electron chi connectivity index (χ1n) is 8.41. The van der Waals surface area contributed by atoms with Crippen LogP contribution in [0.25, 0.3) is 28.1 Å². The molecular formula is C18H17N5O3. The molecule has 2 N–H and O–H groups in total. The third-order valence-electron chi connectivity index (χ3n) is 4.61. The van der Waals surface area contributed by atoms with Crippen LogP contribution >= 0.6 is 0 Å². The van der Waals surface area contributed by atoms with Gasteiger partial charge in [0, 0.05) is 24.4 Å². The molecule has 0 aliphatic heterocycles. The van der Waals surface area contributed by atoms with Crippen LogP contribution < -0.4 is 15.2 Å². The van der Waals surface area contributed by atoms with Crippen molar-refractivity contribution in [2.45, 2.75) is 25.0 Å². The van der Waals surface area contributed by atoms with Gasteiger partial charge in [0.25, 0.3) is 0 Å². The van der Waals surface area contributed by atoms with Crippen molar-refractivity contribution >= 4 is 16.6 Å². The monoisotopic (exact) mass is 351 g/mol. The summed E-state index contributed by atoms with van der Waals surface area (Å²) in [7, 11) is 1.58. The summed E-state index contributed by atoms with van der Waals surface area (Å²) in [4.78, 5) is 8.59. The van der Waals surface area contributed by atoms with Gasteiger partial charge in [-0.25, -0.2) is 14.5 Å². The number of nitrogens with zero attached hydrogens (tertiary/aromatic N) is 4. The number of nitrogens with two attached hydrogens (primary N) is 1. The largest absolute Gasteiger partial charge is 0.480 e. The summed E-state index contributed by atoms with van der Waals surface area (Å²) in [5.74, 6) is 1.70. The first-order chi connectivity index (χ1) is 12.7. The number of aromatic nitrogens is 4. The Labute approximate surface area is 148 Å². The number of rotatable bonds is 4. The number of ether oxygens (including phenoxy) is 2. The van der Waals surface area contributed by atoms with E-state index in [0.29, 0.717) is 28.8 Å². The average Bonchev–Trinajstić information content (AvgIpc) is 3.23. The lowest BCUT2D eigenvalue weighted by Crippen LogP contribution is -2.43. The molecule has 4 aromatic heterocycles. The Morgan fingerprint density at radius 2 is 2.12 bits per heavy atom. The van der Waals surface area contributed by atoms with Crippen molar-refractivity contribution in [3.63, 3.8) is 0 Å². The molecule has 0 saturated heterocycles. The van der Waals surface area contributed by atoms with E-state index >= 15 is 0 Å². The fourth-order valence-corrected chi connectivity index (χ4v) is 3.19. The summed E-state index contributed by atoms with van der Waals surface area (Å²) < 4.78 is 18.8. The van der Waals surface area contributed by atoms with Crippen molar-refractivity contribution < 1.29 is 13.9 Å². The first kappa shape index (κ1) is 15.2. The molecule has 8 heteroatoms.